The van der Waals surface area contributed by atoms with Crippen LogP contribution in [0, 0.1) is 0 Å². The molecule has 0 aliphatic carbocycles. The monoisotopic (exact) mass is 317 g/mol. The van der Waals surface area contributed by atoms with Crippen molar-refractivity contribution >= 4 is 39.2 Å². The zero-order chi connectivity index (χ0) is 15.3. The second kappa shape index (κ2) is 6.76. The van der Waals surface area contributed by atoms with Crippen molar-refractivity contribution in [2.45, 2.75) is 0 Å². The molecule has 0 saturated carbocycles. The van der Waals surface area contributed by atoms with E-state index in [-0.39, 0.29) is 5.75 Å². The summed E-state index contributed by atoms with van der Waals surface area (Å²) < 4.78 is 22.2. The number of benzene rings is 1. The molecule has 0 radical (unpaired) electrons. The number of aliphatic carboxylic acids is 1. The molecule has 0 aliphatic heterocycles. The Labute approximate surface area is 123 Å². The van der Waals surface area contributed by atoms with Crippen LogP contribution in [0.3, 0.4) is 0 Å². The van der Waals surface area contributed by atoms with Gasteiger partial charge in [-0.05, 0) is 23.8 Å². The first-order valence-corrected chi connectivity index (χ1v) is 8.22. The molecule has 1 aromatic rings. The average molecular weight is 318 g/mol. The fourth-order valence-corrected chi connectivity index (χ4v) is 2.32. The van der Waals surface area contributed by atoms with Gasteiger partial charge < -0.3 is 10.0 Å². The van der Waals surface area contributed by atoms with E-state index in [2.05, 4.69) is 0 Å². The topological polar surface area (TPSA) is 74.7 Å². The number of hydrogen-bond acceptors (Lipinski definition) is 4. The summed E-state index contributed by atoms with van der Waals surface area (Å²) in [5.74, 6) is -0.989. The minimum atomic E-state index is -3.01. The Balaban J connectivity index is 2.83. The van der Waals surface area contributed by atoms with Gasteiger partial charge in [0, 0.05) is 36.6 Å². The van der Waals surface area contributed by atoms with Gasteiger partial charge in [0.1, 0.15) is 9.84 Å². The minimum absolute atomic E-state index is 0.0573. The molecule has 0 unspecified atom stereocenters. The molecular formula is C13H16ClNO4S. The van der Waals surface area contributed by atoms with Gasteiger partial charge in [0.2, 0.25) is 0 Å². The summed E-state index contributed by atoms with van der Waals surface area (Å²) in [7, 11) is -1.25. The predicted molar refractivity (Wildman–Crippen MR) is 81.1 cm³/mol. The van der Waals surface area contributed by atoms with Gasteiger partial charge in [-0.1, -0.05) is 17.7 Å². The molecule has 110 valence electrons. The number of halogens is 1. The van der Waals surface area contributed by atoms with E-state index in [0.29, 0.717) is 17.1 Å². The van der Waals surface area contributed by atoms with Gasteiger partial charge in [0.05, 0.1) is 5.75 Å². The Morgan fingerprint density at radius 1 is 1.45 bits per heavy atom. The van der Waals surface area contributed by atoms with Crippen molar-refractivity contribution in [1.82, 2.24) is 0 Å². The van der Waals surface area contributed by atoms with Gasteiger partial charge in [0.25, 0.3) is 0 Å². The molecule has 0 fully saturated rings. The molecule has 20 heavy (non-hydrogen) atoms. The van der Waals surface area contributed by atoms with Crippen molar-refractivity contribution < 1.29 is 18.3 Å². The quantitative estimate of drug-likeness (QED) is 0.811. The molecule has 0 bridgehead atoms. The van der Waals surface area contributed by atoms with E-state index in [1.807, 2.05) is 0 Å². The van der Waals surface area contributed by atoms with Crippen LogP contribution in [0.5, 0.6) is 0 Å². The van der Waals surface area contributed by atoms with Gasteiger partial charge in [-0.2, -0.15) is 0 Å². The van der Waals surface area contributed by atoms with Gasteiger partial charge in [-0.25, -0.2) is 13.2 Å². The van der Waals surface area contributed by atoms with E-state index in [1.165, 1.54) is 12.3 Å². The zero-order valence-electron chi connectivity index (χ0n) is 11.2. The molecule has 0 spiro atoms. The van der Waals surface area contributed by atoms with Gasteiger partial charge in [0.15, 0.2) is 0 Å². The highest BCUT2D eigenvalue weighted by molar-refractivity contribution is 7.90. The highest BCUT2D eigenvalue weighted by Crippen LogP contribution is 2.24. The highest BCUT2D eigenvalue weighted by atomic mass is 35.5. The van der Waals surface area contributed by atoms with Crippen LogP contribution in [0.15, 0.2) is 24.3 Å². The third kappa shape index (κ3) is 5.63. The van der Waals surface area contributed by atoms with Crippen LogP contribution in [0.4, 0.5) is 5.69 Å². The molecule has 0 saturated heterocycles. The summed E-state index contributed by atoms with van der Waals surface area (Å²) in [5, 5.41) is 8.97. The average Bonchev–Trinajstić information content (AvgIpc) is 2.33. The lowest BCUT2D eigenvalue weighted by atomic mass is 10.2. The van der Waals surface area contributed by atoms with E-state index < -0.39 is 15.8 Å². The molecule has 1 N–H and O–H groups in total. The molecule has 5 nitrogen and oxygen atoms in total. The summed E-state index contributed by atoms with van der Waals surface area (Å²) in [6.45, 7) is 0.361. The fraction of sp³-hybridized carbons (Fsp3) is 0.308. The van der Waals surface area contributed by atoms with E-state index in [1.54, 1.807) is 30.1 Å². The highest BCUT2D eigenvalue weighted by Gasteiger charge is 2.08. The lowest BCUT2D eigenvalue weighted by molar-refractivity contribution is -0.131. The Morgan fingerprint density at radius 3 is 2.60 bits per heavy atom. The summed E-state index contributed by atoms with van der Waals surface area (Å²) in [6.07, 6.45) is 3.60. The summed E-state index contributed by atoms with van der Waals surface area (Å²) >= 11 is 6.06. The number of carbonyl (C=O) groups is 1. The summed E-state index contributed by atoms with van der Waals surface area (Å²) in [4.78, 5) is 12.2. The fourth-order valence-electron chi connectivity index (χ4n) is 1.48. The lowest BCUT2D eigenvalue weighted by Gasteiger charge is -2.19. The maximum Gasteiger partial charge on any atom is 0.328 e. The van der Waals surface area contributed by atoms with Crippen LogP contribution in [0.25, 0.3) is 6.08 Å². The number of carboxylic acids is 1. The van der Waals surface area contributed by atoms with Crippen molar-refractivity contribution in [2.24, 2.45) is 0 Å². The summed E-state index contributed by atoms with van der Waals surface area (Å²) in [5.41, 5.74) is 1.36. The summed E-state index contributed by atoms with van der Waals surface area (Å²) in [6, 6.07) is 5.12. The van der Waals surface area contributed by atoms with Crippen LogP contribution in [0.2, 0.25) is 5.02 Å². The van der Waals surface area contributed by atoms with Gasteiger partial charge >= 0.3 is 5.97 Å². The van der Waals surface area contributed by atoms with E-state index in [9.17, 15) is 13.2 Å². The lowest BCUT2D eigenvalue weighted by Crippen LogP contribution is -2.24. The van der Waals surface area contributed by atoms with Crippen molar-refractivity contribution in [1.29, 1.82) is 0 Å². The molecule has 0 aliphatic rings. The second-order valence-electron chi connectivity index (χ2n) is 4.43. The number of sulfone groups is 1. The first-order valence-electron chi connectivity index (χ1n) is 5.78. The zero-order valence-corrected chi connectivity index (χ0v) is 12.8. The molecular weight excluding hydrogens is 302 g/mol. The number of rotatable bonds is 6. The van der Waals surface area contributed by atoms with Gasteiger partial charge in [-0.3, -0.25) is 0 Å². The Kier molecular flexibility index (Phi) is 5.59. The maximum absolute atomic E-state index is 11.1. The standard InChI is InChI=1S/C13H16ClNO4S/c1-15(7-8-20(2,18)19)11-5-3-10(12(14)9-11)4-6-13(16)17/h3-6,9H,7-8H2,1-2H3,(H,16,17)/b6-4+. The molecule has 0 heterocycles. The maximum atomic E-state index is 11.1. The van der Waals surface area contributed by atoms with Crippen LogP contribution < -0.4 is 4.90 Å². The largest absolute Gasteiger partial charge is 0.478 e. The van der Waals surface area contributed by atoms with E-state index in [4.69, 9.17) is 16.7 Å². The molecule has 0 atom stereocenters. The number of anilines is 1. The Hall–Kier alpha value is -1.53. The second-order valence-corrected chi connectivity index (χ2v) is 7.10. The normalized spacial score (nSPS) is 11.8. The number of hydrogen-bond donors (Lipinski definition) is 1. The third-order valence-electron chi connectivity index (χ3n) is 2.63. The molecule has 1 rings (SSSR count). The first kappa shape index (κ1) is 16.5. The SMILES string of the molecule is CN(CCS(C)(=O)=O)c1ccc(/C=C/C(=O)O)c(Cl)c1. The van der Waals surface area contributed by atoms with Crippen molar-refractivity contribution in [3.05, 3.63) is 34.9 Å². The molecule has 7 heteroatoms. The van der Waals surface area contributed by atoms with Gasteiger partial charge in [-0.15, -0.1) is 0 Å². The molecule has 1 aromatic carbocycles. The minimum Gasteiger partial charge on any atom is -0.478 e. The van der Waals surface area contributed by atoms with Crippen molar-refractivity contribution in [3.63, 3.8) is 0 Å². The first-order chi connectivity index (χ1) is 9.19. The van der Waals surface area contributed by atoms with Crippen LogP contribution in [-0.4, -0.2) is 45.1 Å². The van der Waals surface area contributed by atoms with Crippen molar-refractivity contribution in [3.8, 4) is 0 Å². The predicted octanol–water partition coefficient (Wildman–Crippen LogP) is 1.92. The van der Waals surface area contributed by atoms with Crippen LogP contribution in [-0.2, 0) is 14.6 Å². The number of carboxylic acid groups (broad SMARTS) is 1. The number of nitrogens with zero attached hydrogens (tertiary/aromatic N) is 1. The molecule has 0 aromatic heterocycles. The van der Waals surface area contributed by atoms with Crippen LogP contribution >= 0.6 is 11.6 Å². The van der Waals surface area contributed by atoms with E-state index in [0.717, 1.165) is 11.8 Å². The third-order valence-corrected chi connectivity index (χ3v) is 3.88. The van der Waals surface area contributed by atoms with Crippen molar-refractivity contribution in [2.75, 3.05) is 30.5 Å². The smallest absolute Gasteiger partial charge is 0.328 e. The van der Waals surface area contributed by atoms with E-state index >= 15 is 0 Å². The Morgan fingerprint density at radius 2 is 2.10 bits per heavy atom. The Bertz CT molecular complexity index is 625. The van der Waals surface area contributed by atoms with Crippen LogP contribution in [0.1, 0.15) is 5.56 Å². The molecule has 0 amide bonds.